The number of hydrogen-bond acceptors (Lipinski definition) is 4. The van der Waals surface area contributed by atoms with Crippen molar-refractivity contribution in [2.45, 2.75) is 38.1 Å². The number of rotatable bonds is 5. The van der Waals surface area contributed by atoms with Crippen LogP contribution in [0.3, 0.4) is 0 Å². The van der Waals surface area contributed by atoms with Gasteiger partial charge >= 0.3 is 0 Å². The third kappa shape index (κ3) is 2.69. The maximum absolute atomic E-state index is 6.08. The maximum Gasteiger partial charge on any atom is 0.219 e. The number of nitrogens with two attached hydrogens (primary N) is 1. The van der Waals surface area contributed by atoms with Crippen LogP contribution in [0.2, 0.25) is 0 Å². The van der Waals surface area contributed by atoms with E-state index in [0.717, 1.165) is 42.7 Å². The number of aryl methyl sites for hydroxylation is 1. The zero-order valence-electron chi connectivity index (χ0n) is 10.7. The van der Waals surface area contributed by atoms with E-state index in [9.17, 15) is 0 Å². The van der Waals surface area contributed by atoms with Crippen LogP contribution >= 0.6 is 0 Å². The monoisotopic (exact) mass is 236 g/mol. The zero-order valence-corrected chi connectivity index (χ0v) is 10.7. The van der Waals surface area contributed by atoms with E-state index in [2.05, 4.69) is 4.98 Å². The summed E-state index contributed by atoms with van der Waals surface area (Å²) < 4.78 is 10.6. The molecule has 0 amide bonds. The van der Waals surface area contributed by atoms with E-state index in [1.165, 1.54) is 0 Å². The van der Waals surface area contributed by atoms with Crippen molar-refractivity contribution in [3.05, 3.63) is 17.3 Å². The number of nitrogens with zero attached hydrogens (tertiary/aromatic N) is 1. The summed E-state index contributed by atoms with van der Waals surface area (Å²) in [5.41, 5.74) is 8.06. The van der Waals surface area contributed by atoms with Crippen LogP contribution in [0.1, 0.15) is 30.5 Å². The quantitative estimate of drug-likeness (QED) is 0.847. The molecule has 0 aromatic carbocycles. The van der Waals surface area contributed by atoms with Gasteiger partial charge in [-0.3, -0.25) is 0 Å². The van der Waals surface area contributed by atoms with Gasteiger partial charge in [-0.25, -0.2) is 4.98 Å². The molecule has 2 N–H and O–H groups in total. The van der Waals surface area contributed by atoms with E-state index in [1.54, 1.807) is 14.2 Å². The third-order valence-corrected chi connectivity index (χ3v) is 3.42. The summed E-state index contributed by atoms with van der Waals surface area (Å²) in [6, 6.07) is 1.98. The average Bonchev–Trinajstić information content (AvgIpc) is 3.06. The molecule has 4 nitrogen and oxygen atoms in total. The molecule has 1 fully saturated rings. The Bertz CT molecular complexity index is 389. The van der Waals surface area contributed by atoms with Gasteiger partial charge in [-0.15, -0.1) is 0 Å². The van der Waals surface area contributed by atoms with E-state index in [1.807, 2.05) is 13.0 Å². The van der Waals surface area contributed by atoms with Gasteiger partial charge in [-0.2, -0.15) is 0 Å². The van der Waals surface area contributed by atoms with E-state index in [4.69, 9.17) is 15.2 Å². The Morgan fingerprint density at radius 1 is 1.35 bits per heavy atom. The molecule has 1 heterocycles. The SMILES string of the molecule is COc1cc(CCC2(N)CC2)nc(OC)c1C. The van der Waals surface area contributed by atoms with Crippen LogP contribution in [-0.2, 0) is 6.42 Å². The summed E-state index contributed by atoms with van der Waals surface area (Å²) in [4.78, 5) is 4.47. The number of methoxy groups -OCH3 is 2. The highest BCUT2D eigenvalue weighted by Crippen LogP contribution is 2.37. The molecule has 17 heavy (non-hydrogen) atoms. The van der Waals surface area contributed by atoms with E-state index >= 15 is 0 Å². The molecule has 0 atom stereocenters. The number of hydrogen-bond donors (Lipinski definition) is 1. The molecule has 0 aliphatic heterocycles. The van der Waals surface area contributed by atoms with Gasteiger partial charge < -0.3 is 15.2 Å². The molecule has 1 saturated carbocycles. The summed E-state index contributed by atoms with van der Waals surface area (Å²) in [6.45, 7) is 1.94. The van der Waals surface area contributed by atoms with Gasteiger partial charge in [0, 0.05) is 17.3 Å². The predicted molar refractivity (Wildman–Crippen MR) is 66.6 cm³/mol. The van der Waals surface area contributed by atoms with Crippen LogP contribution in [0.25, 0.3) is 0 Å². The summed E-state index contributed by atoms with van der Waals surface area (Å²) in [7, 11) is 3.29. The lowest BCUT2D eigenvalue weighted by atomic mass is 10.1. The van der Waals surface area contributed by atoms with Crippen LogP contribution in [0.5, 0.6) is 11.6 Å². The Hall–Kier alpha value is -1.29. The number of aromatic nitrogens is 1. The predicted octanol–water partition coefficient (Wildman–Crippen LogP) is 1.83. The molecular weight excluding hydrogens is 216 g/mol. The van der Waals surface area contributed by atoms with Crippen molar-refractivity contribution in [1.29, 1.82) is 0 Å². The lowest BCUT2D eigenvalue weighted by molar-refractivity contribution is 0.374. The topological polar surface area (TPSA) is 57.4 Å². The van der Waals surface area contributed by atoms with E-state index in [0.29, 0.717) is 5.88 Å². The van der Waals surface area contributed by atoms with Crippen LogP contribution < -0.4 is 15.2 Å². The summed E-state index contributed by atoms with van der Waals surface area (Å²) in [6.07, 6.45) is 4.12. The molecule has 2 rings (SSSR count). The van der Waals surface area contributed by atoms with Gasteiger partial charge in [0.15, 0.2) is 0 Å². The normalized spacial score (nSPS) is 16.7. The Morgan fingerprint density at radius 2 is 2.06 bits per heavy atom. The molecule has 1 aliphatic carbocycles. The fourth-order valence-electron chi connectivity index (χ4n) is 1.94. The van der Waals surface area contributed by atoms with Crippen molar-refractivity contribution >= 4 is 0 Å². The highest BCUT2D eigenvalue weighted by molar-refractivity contribution is 5.41. The second-order valence-electron chi connectivity index (χ2n) is 4.81. The molecule has 1 aromatic rings. The Morgan fingerprint density at radius 3 is 2.59 bits per heavy atom. The van der Waals surface area contributed by atoms with Gasteiger partial charge in [0.1, 0.15) is 5.75 Å². The summed E-state index contributed by atoms with van der Waals surface area (Å²) >= 11 is 0. The average molecular weight is 236 g/mol. The second kappa shape index (κ2) is 4.53. The first kappa shape index (κ1) is 12.2. The summed E-state index contributed by atoms with van der Waals surface area (Å²) in [5, 5.41) is 0. The van der Waals surface area contributed by atoms with Crippen LogP contribution in [0, 0.1) is 6.92 Å². The molecule has 0 radical (unpaired) electrons. The van der Waals surface area contributed by atoms with Crippen molar-refractivity contribution < 1.29 is 9.47 Å². The fourth-order valence-corrected chi connectivity index (χ4v) is 1.94. The largest absolute Gasteiger partial charge is 0.496 e. The minimum absolute atomic E-state index is 0.0625. The molecular formula is C13H20N2O2. The van der Waals surface area contributed by atoms with Gasteiger partial charge in [0.05, 0.1) is 19.8 Å². The first-order valence-electron chi connectivity index (χ1n) is 5.95. The first-order valence-corrected chi connectivity index (χ1v) is 5.95. The van der Waals surface area contributed by atoms with Crippen molar-refractivity contribution in [2.24, 2.45) is 5.73 Å². The standard InChI is InChI=1S/C13H20N2O2/c1-9-11(16-2)8-10(15-12(9)17-3)4-5-13(14)6-7-13/h8H,4-7,14H2,1-3H3. The molecule has 94 valence electrons. The van der Waals surface area contributed by atoms with E-state index < -0.39 is 0 Å². The van der Waals surface area contributed by atoms with Crippen molar-refractivity contribution in [3.8, 4) is 11.6 Å². The third-order valence-electron chi connectivity index (χ3n) is 3.42. The summed E-state index contributed by atoms with van der Waals surface area (Å²) in [5.74, 6) is 1.47. The van der Waals surface area contributed by atoms with Gasteiger partial charge in [-0.05, 0) is 32.6 Å². The Kier molecular flexibility index (Phi) is 3.24. The Labute approximate surface area is 102 Å². The minimum atomic E-state index is 0.0625. The molecule has 1 aromatic heterocycles. The molecule has 4 heteroatoms. The van der Waals surface area contributed by atoms with Crippen LogP contribution in [-0.4, -0.2) is 24.7 Å². The molecule has 0 bridgehead atoms. The van der Waals surface area contributed by atoms with Gasteiger partial charge in [0.2, 0.25) is 5.88 Å². The van der Waals surface area contributed by atoms with Crippen molar-refractivity contribution in [1.82, 2.24) is 4.98 Å². The highest BCUT2D eigenvalue weighted by atomic mass is 16.5. The van der Waals surface area contributed by atoms with Crippen molar-refractivity contribution in [3.63, 3.8) is 0 Å². The highest BCUT2D eigenvalue weighted by Gasteiger charge is 2.37. The second-order valence-corrected chi connectivity index (χ2v) is 4.81. The first-order chi connectivity index (χ1) is 8.08. The lowest BCUT2D eigenvalue weighted by Gasteiger charge is -2.13. The van der Waals surface area contributed by atoms with Gasteiger partial charge in [-0.1, -0.05) is 0 Å². The smallest absolute Gasteiger partial charge is 0.219 e. The molecule has 0 spiro atoms. The molecule has 0 saturated heterocycles. The van der Waals surface area contributed by atoms with Crippen molar-refractivity contribution in [2.75, 3.05) is 14.2 Å². The van der Waals surface area contributed by atoms with Gasteiger partial charge in [0.25, 0.3) is 0 Å². The lowest BCUT2D eigenvalue weighted by Crippen LogP contribution is -2.22. The molecule has 1 aliphatic rings. The fraction of sp³-hybridized carbons (Fsp3) is 0.615. The Balaban J connectivity index is 2.15. The number of ether oxygens (including phenoxy) is 2. The van der Waals surface area contributed by atoms with Crippen LogP contribution in [0.15, 0.2) is 6.07 Å². The van der Waals surface area contributed by atoms with E-state index in [-0.39, 0.29) is 5.54 Å². The number of pyridine rings is 1. The minimum Gasteiger partial charge on any atom is -0.496 e. The zero-order chi connectivity index (χ0) is 12.5. The van der Waals surface area contributed by atoms with Crippen LogP contribution in [0.4, 0.5) is 0 Å². The molecule has 0 unspecified atom stereocenters. The maximum atomic E-state index is 6.08.